The molecule has 0 unspecified atom stereocenters. The van der Waals surface area contributed by atoms with Crippen LogP contribution >= 0.6 is 0 Å². The van der Waals surface area contributed by atoms with Gasteiger partial charge in [0, 0.05) is 19.6 Å². The number of amides is 2. The molecule has 2 aliphatic heterocycles. The SMILES string of the molecule is O=C(O)[C@@H]1CCCN1C(=O)c1ccccc1C(=O)N1CCCC1. The molecule has 6 heteroatoms. The summed E-state index contributed by atoms with van der Waals surface area (Å²) in [7, 11) is 0. The molecule has 1 atom stereocenters. The average Bonchev–Trinajstić information content (AvgIpc) is 3.24. The zero-order valence-electron chi connectivity index (χ0n) is 12.9. The molecular weight excluding hydrogens is 296 g/mol. The van der Waals surface area contributed by atoms with Gasteiger partial charge in [-0.1, -0.05) is 12.1 Å². The standard InChI is InChI=1S/C17H20N2O4/c20-15(18-9-3-4-10-18)12-6-1-2-7-13(12)16(21)19-11-5-8-14(19)17(22)23/h1-2,6-7,14H,3-5,8-11H2,(H,22,23)/t14-/m0/s1. The Hall–Kier alpha value is -2.37. The molecular formula is C17H20N2O4. The molecule has 6 nitrogen and oxygen atoms in total. The summed E-state index contributed by atoms with van der Waals surface area (Å²) in [5.41, 5.74) is 0.674. The number of nitrogens with zero attached hydrogens (tertiary/aromatic N) is 2. The highest BCUT2D eigenvalue weighted by Gasteiger charge is 2.36. The summed E-state index contributed by atoms with van der Waals surface area (Å²) in [6.07, 6.45) is 3.10. The minimum absolute atomic E-state index is 0.141. The van der Waals surface area contributed by atoms with Crippen LogP contribution < -0.4 is 0 Å². The third-order valence-electron chi connectivity index (χ3n) is 4.58. The van der Waals surface area contributed by atoms with Crippen molar-refractivity contribution < 1.29 is 19.5 Å². The van der Waals surface area contributed by atoms with E-state index >= 15 is 0 Å². The summed E-state index contributed by atoms with van der Waals surface area (Å²) in [5, 5.41) is 9.26. The average molecular weight is 316 g/mol. The van der Waals surface area contributed by atoms with Crippen molar-refractivity contribution in [2.75, 3.05) is 19.6 Å². The lowest BCUT2D eigenvalue weighted by Crippen LogP contribution is -2.41. The van der Waals surface area contributed by atoms with E-state index < -0.39 is 12.0 Å². The van der Waals surface area contributed by atoms with E-state index in [1.54, 1.807) is 29.2 Å². The van der Waals surface area contributed by atoms with E-state index in [1.165, 1.54) is 4.90 Å². The predicted molar refractivity (Wildman–Crippen MR) is 83.3 cm³/mol. The van der Waals surface area contributed by atoms with E-state index in [4.69, 9.17) is 0 Å². The molecule has 0 saturated carbocycles. The van der Waals surface area contributed by atoms with Gasteiger partial charge < -0.3 is 14.9 Å². The second-order valence-corrected chi connectivity index (χ2v) is 6.04. The van der Waals surface area contributed by atoms with Crippen LogP contribution in [0, 0.1) is 0 Å². The molecule has 1 aromatic carbocycles. The van der Waals surface area contributed by atoms with E-state index in [0.29, 0.717) is 43.6 Å². The molecule has 1 aromatic rings. The molecule has 2 aliphatic rings. The largest absolute Gasteiger partial charge is 0.480 e. The van der Waals surface area contributed by atoms with E-state index in [9.17, 15) is 19.5 Å². The zero-order chi connectivity index (χ0) is 16.4. The Labute approximate surface area is 134 Å². The lowest BCUT2D eigenvalue weighted by molar-refractivity contribution is -0.141. The fraction of sp³-hybridized carbons (Fsp3) is 0.471. The van der Waals surface area contributed by atoms with Gasteiger partial charge >= 0.3 is 5.97 Å². The maximum Gasteiger partial charge on any atom is 0.326 e. The lowest BCUT2D eigenvalue weighted by atomic mass is 10.0. The van der Waals surface area contributed by atoms with Crippen molar-refractivity contribution in [1.82, 2.24) is 9.80 Å². The first-order chi connectivity index (χ1) is 11.1. The number of aliphatic carboxylic acids is 1. The molecule has 0 bridgehead atoms. The third kappa shape index (κ3) is 2.93. The first-order valence-corrected chi connectivity index (χ1v) is 8.01. The summed E-state index contributed by atoms with van der Waals surface area (Å²) >= 11 is 0. The van der Waals surface area contributed by atoms with Gasteiger partial charge in [0.2, 0.25) is 0 Å². The van der Waals surface area contributed by atoms with Crippen LogP contribution in [0.15, 0.2) is 24.3 Å². The fourth-order valence-electron chi connectivity index (χ4n) is 3.37. The van der Waals surface area contributed by atoms with E-state index in [0.717, 1.165) is 12.8 Å². The first-order valence-electron chi connectivity index (χ1n) is 8.01. The van der Waals surface area contributed by atoms with Gasteiger partial charge in [-0.2, -0.15) is 0 Å². The van der Waals surface area contributed by atoms with Crippen LogP contribution in [0.2, 0.25) is 0 Å². The van der Waals surface area contributed by atoms with Gasteiger partial charge in [0.25, 0.3) is 11.8 Å². The molecule has 0 spiro atoms. The molecule has 122 valence electrons. The highest BCUT2D eigenvalue weighted by molar-refractivity contribution is 6.08. The van der Waals surface area contributed by atoms with Crippen LogP contribution in [0.1, 0.15) is 46.4 Å². The number of benzene rings is 1. The highest BCUT2D eigenvalue weighted by Crippen LogP contribution is 2.23. The number of hydrogen-bond donors (Lipinski definition) is 1. The Kier molecular flexibility index (Phi) is 4.32. The van der Waals surface area contributed by atoms with Gasteiger partial charge in [0.05, 0.1) is 11.1 Å². The Morgan fingerprint density at radius 3 is 2.13 bits per heavy atom. The number of hydrogen-bond acceptors (Lipinski definition) is 3. The Morgan fingerprint density at radius 2 is 1.52 bits per heavy atom. The number of carbonyl (C=O) groups excluding carboxylic acids is 2. The van der Waals surface area contributed by atoms with Gasteiger partial charge in [-0.15, -0.1) is 0 Å². The number of rotatable bonds is 3. The zero-order valence-corrected chi connectivity index (χ0v) is 12.9. The second kappa shape index (κ2) is 6.40. The molecule has 2 fully saturated rings. The van der Waals surface area contributed by atoms with Crippen LogP contribution in [0.25, 0.3) is 0 Å². The quantitative estimate of drug-likeness (QED) is 0.919. The van der Waals surface area contributed by atoms with Crippen molar-refractivity contribution in [2.24, 2.45) is 0 Å². The van der Waals surface area contributed by atoms with E-state index in [1.807, 2.05) is 0 Å². The predicted octanol–water partition coefficient (Wildman–Crippen LogP) is 1.61. The molecule has 2 amide bonds. The summed E-state index contributed by atoms with van der Waals surface area (Å²) < 4.78 is 0. The minimum atomic E-state index is -0.987. The van der Waals surface area contributed by atoms with Gasteiger partial charge in [0.15, 0.2) is 0 Å². The van der Waals surface area contributed by atoms with E-state index in [-0.39, 0.29) is 11.8 Å². The number of carboxylic acids is 1. The maximum absolute atomic E-state index is 12.8. The highest BCUT2D eigenvalue weighted by atomic mass is 16.4. The van der Waals surface area contributed by atoms with Gasteiger partial charge in [-0.05, 0) is 37.8 Å². The van der Waals surface area contributed by atoms with Gasteiger partial charge in [-0.3, -0.25) is 9.59 Å². The molecule has 0 aromatic heterocycles. The van der Waals surface area contributed by atoms with Crippen molar-refractivity contribution in [3.8, 4) is 0 Å². The molecule has 0 aliphatic carbocycles. The van der Waals surface area contributed by atoms with Crippen LogP contribution in [0.5, 0.6) is 0 Å². The maximum atomic E-state index is 12.8. The van der Waals surface area contributed by atoms with Crippen molar-refractivity contribution in [3.63, 3.8) is 0 Å². The summed E-state index contributed by atoms with van der Waals surface area (Å²) in [4.78, 5) is 39.9. The molecule has 23 heavy (non-hydrogen) atoms. The molecule has 1 N–H and O–H groups in total. The molecule has 2 saturated heterocycles. The summed E-state index contributed by atoms with van der Waals surface area (Å²) in [6.45, 7) is 1.84. The van der Waals surface area contributed by atoms with Gasteiger partial charge in [-0.25, -0.2) is 4.79 Å². The minimum Gasteiger partial charge on any atom is -0.480 e. The summed E-state index contributed by atoms with van der Waals surface area (Å²) in [6, 6.07) is 5.92. The number of carboxylic acid groups (broad SMARTS) is 1. The van der Waals surface area contributed by atoms with Gasteiger partial charge in [0.1, 0.15) is 6.04 Å². The van der Waals surface area contributed by atoms with Crippen molar-refractivity contribution in [3.05, 3.63) is 35.4 Å². The Bertz CT molecular complexity index is 637. The van der Waals surface area contributed by atoms with Crippen molar-refractivity contribution in [2.45, 2.75) is 31.7 Å². The van der Waals surface area contributed by atoms with Crippen LogP contribution in [0.3, 0.4) is 0 Å². The monoisotopic (exact) mass is 316 g/mol. The van der Waals surface area contributed by atoms with Crippen LogP contribution in [-0.2, 0) is 4.79 Å². The van der Waals surface area contributed by atoms with Crippen molar-refractivity contribution >= 4 is 17.8 Å². The van der Waals surface area contributed by atoms with Crippen molar-refractivity contribution in [1.29, 1.82) is 0 Å². The second-order valence-electron chi connectivity index (χ2n) is 6.04. The molecule has 3 rings (SSSR count). The lowest BCUT2D eigenvalue weighted by Gasteiger charge is -2.23. The normalized spacial score (nSPS) is 20.8. The smallest absolute Gasteiger partial charge is 0.326 e. The summed E-state index contributed by atoms with van der Waals surface area (Å²) in [5.74, 6) is -1.49. The Balaban J connectivity index is 1.89. The third-order valence-corrected chi connectivity index (χ3v) is 4.58. The number of likely N-dealkylation sites (tertiary alicyclic amines) is 2. The molecule has 0 radical (unpaired) electrons. The molecule has 2 heterocycles. The van der Waals surface area contributed by atoms with E-state index in [2.05, 4.69) is 0 Å². The van der Waals surface area contributed by atoms with Crippen LogP contribution in [0.4, 0.5) is 0 Å². The topological polar surface area (TPSA) is 77.9 Å². The number of carbonyl (C=O) groups is 3. The Morgan fingerprint density at radius 1 is 0.913 bits per heavy atom. The fourth-order valence-corrected chi connectivity index (χ4v) is 3.37. The van der Waals surface area contributed by atoms with Crippen LogP contribution in [-0.4, -0.2) is 58.4 Å². The first kappa shape index (κ1) is 15.5.